The Hall–Kier alpha value is -2.63. The number of amides is 2. The summed E-state index contributed by atoms with van der Waals surface area (Å²) >= 11 is 0. The second kappa shape index (κ2) is 6.86. The van der Waals surface area contributed by atoms with Crippen molar-refractivity contribution in [2.45, 2.75) is 32.4 Å². The molecule has 0 spiro atoms. The minimum absolute atomic E-state index is 0.0475. The highest BCUT2D eigenvalue weighted by Crippen LogP contribution is 2.20. The van der Waals surface area contributed by atoms with E-state index in [1.54, 1.807) is 11.9 Å². The lowest BCUT2D eigenvalue weighted by Crippen LogP contribution is -2.59. The van der Waals surface area contributed by atoms with Crippen molar-refractivity contribution in [1.29, 1.82) is 0 Å². The molecule has 1 fully saturated rings. The molecule has 0 N–H and O–H groups in total. The van der Waals surface area contributed by atoms with Crippen molar-refractivity contribution < 1.29 is 14.1 Å². The normalized spacial score (nSPS) is 18.3. The molecule has 24 heavy (non-hydrogen) atoms. The predicted molar refractivity (Wildman–Crippen MR) is 88.0 cm³/mol. The van der Waals surface area contributed by atoms with Gasteiger partial charge in [-0.25, -0.2) is 0 Å². The summed E-state index contributed by atoms with van der Waals surface area (Å²) in [5.41, 5.74) is 1.87. The number of carbonyl (C=O) groups excluding carboxylic acids is 2. The maximum Gasteiger partial charge on any atom is 0.245 e. The Bertz CT molecular complexity index is 726. The Balaban J connectivity index is 1.84. The topological polar surface area (TPSA) is 66.7 Å². The van der Waals surface area contributed by atoms with E-state index < -0.39 is 6.04 Å². The smallest absolute Gasteiger partial charge is 0.245 e. The number of benzene rings is 1. The summed E-state index contributed by atoms with van der Waals surface area (Å²) in [7, 11) is 1.67. The highest BCUT2D eigenvalue weighted by molar-refractivity contribution is 5.94. The number of likely N-dealkylation sites (N-methyl/N-ethyl adjacent to an activating group) is 1. The molecule has 1 aromatic heterocycles. The highest BCUT2D eigenvalue weighted by Gasteiger charge is 2.38. The molecule has 0 saturated carbocycles. The van der Waals surface area contributed by atoms with Crippen LogP contribution in [0.4, 0.5) is 0 Å². The van der Waals surface area contributed by atoms with Crippen molar-refractivity contribution in [3.63, 3.8) is 0 Å². The van der Waals surface area contributed by atoms with Gasteiger partial charge in [-0.05, 0) is 12.0 Å². The standard InChI is InChI=1S/C18H21N3O3/c1-3-14-10-15(24-19-14)11-21-16(9-13-7-5-4-6-8-13)18(23)20(2)12-17(21)22/h4-8,10,16H,3,9,11-12H2,1-2H3/t16-/m1/s1. The molecule has 0 unspecified atom stereocenters. The van der Waals surface area contributed by atoms with Gasteiger partial charge in [-0.1, -0.05) is 42.4 Å². The summed E-state index contributed by atoms with van der Waals surface area (Å²) in [6, 6.07) is 11.1. The van der Waals surface area contributed by atoms with Crippen LogP contribution < -0.4 is 0 Å². The van der Waals surface area contributed by atoms with Crippen LogP contribution in [0.3, 0.4) is 0 Å². The first-order valence-corrected chi connectivity index (χ1v) is 8.11. The van der Waals surface area contributed by atoms with Gasteiger partial charge in [-0.2, -0.15) is 0 Å². The molecule has 0 aliphatic carbocycles. The van der Waals surface area contributed by atoms with Crippen molar-refractivity contribution in [3.8, 4) is 0 Å². The lowest BCUT2D eigenvalue weighted by molar-refractivity contribution is -0.155. The average molecular weight is 327 g/mol. The number of nitrogens with zero attached hydrogens (tertiary/aromatic N) is 3. The Morgan fingerprint density at radius 3 is 2.67 bits per heavy atom. The summed E-state index contributed by atoms with van der Waals surface area (Å²) in [6.07, 6.45) is 1.26. The Morgan fingerprint density at radius 2 is 2.00 bits per heavy atom. The van der Waals surface area contributed by atoms with E-state index in [0.29, 0.717) is 12.2 Å². The van der Waals surface area contributed by atoms with E-state index in [2.05, 4.69) is 5.16 Å². The van der Waals surface area contributed by atoms with E-state index in [4.69, 9.17) is 4.52 Å². The second-order valence-corrected chi connectivity index (χ2v) is 6.06. The Morgan fingerprint density at radius 1 is 1.25 bits per heavy atom. The predicted octanol–water partition coefficient (Wildman–Crippen LogP) is 1.65. The fourth-order valence-electron chi connectivity index (χ4n) is 2.93. The molecule has 1 saturated heterocycles. The molecule has 0 radical (unpaired) electrons. The van der Waals surface area contributed by atoms with Crippen molar-refractivity contribution in [1.82, 2.24) is 15.0 Å². The van der Waals surface area contributed by atoms with Crippen LogP contribution in [0.1, 0.15) is 23.9 Å². The maximum absolute atomic E-state index is 12.6. The first-order chi connectivity index (χ1) is 11.6. The number of piperazine rings is 1. The van der Waals surface area contributed by atoms with Crippen molar-refractivity contribution in [3.05, 3.63) is 53.4 Å². The van der Waals surface area contributed by atoms with E-state index in [-0.39, 0.29) is 24.9 Å². The summed E-state index contributed by atoms with van der Waals surface area (Å²) in [5.74, 6) is 0.483. The van der Waals surface area contributed by atoms with Gasteiger partial charge >= 0.3 is 0 Å². The van der Waals surface area contributed by atoms with Crippen molar-refractivity contribution >= 4 is 11.8 Å². The third-order valence-electron chi connectivity index (χ3n) is 4.30. The van der Waals surface area contributed by atoms with Crippen LogP contribution in [-0.2, 0) is 29.0 Å². The highest BCUT2D eigenvalue weighted by atomic mass is 16.5. The molecule has 3 rings (SSSR count). The summed E-state index contributed by atoms with van der Waals surface area (Å²) in [4.78, 5) is 28.2. The number of hydrogen-bond acceptors (Lipinski definition) is 4. The van der Waals surface area contributed by atoms with Gasteiger partial charge in [0.25, 0.3) is 0 Å². The maximum atomic E-state index is 12.6. The molecule has 2 amide bonds. The molecule has 2 heterocycles. The largest absolute Gasteiger partial charge is 0.359 e. The molecular weight excluding hydrogens is 306 g/mol. The quantitative estimate of drug-likeness (QED) is 0.837. The first kappa shape index (κ1) is 16.2. The van der Waals surface area contributed by atoms with E-state index >= 15 is 0 Å². The minimum Gasteiger partial charge on any atom is -0.359 e. The number of aryl methyl sites for hydroxylation is 1. The van der Waals surface area contributed by atoms with Crippen LogP contribution in [0.2, 0.25) is 0 Å². The monoisotopic (exact) mass is 327 g/mol. The van der Waals surface area contributed by atoms with Gasteiger partial charge in [0.1, 0.15) is 6.04 Å². The van der Waals surface area contributed by atoms with Gasteiger partial charge in [0, 0.05) is 19.5 Å². The van der Waals surface area contributed by atoms with Crippen molar-refractivity contribution in [2.24, 2.45) is 0 Å². The summed E-state index contributed by atoms with van der Waals surface area (Å²) in [6.45, 7) is 2.35. The summed E-state index contributed by atoms with van der Waals surface area (Å²) in [5, 5.41) is 3.96. The number of rotatable bonds is 5. The van der Waals surface area contributed by atoms with Gasteiger partial charge in [0.15, 0.2) is 5.76 Å². The molecule has 1 aromatic carbocycles. The van der Waals surface area contributed by atoms with E-state index in [1.165, 1.54) is 4.90 Å². The van der Waals surface area contributed by atoms with Gasteiger partial charge in [0.05, 0.1) is 18.8 Å². The third kappa shape index (κ3) is 3.32. The molecule has 0 bridgehead atoms. The number of hydrogen-bond donors (Lipinski definition) is 0. The lowest BCUT2D eigenvalue weighted by Gasteiger charge is -2.38. The zero-order chi connectivity index (χ0) is 17.1. The molecule has 1 aliphatic heterocycles. The van der Waals surface area contributed by atoms with E-state index in [1.807, 2.05) is 43.3 Å². The first-order valence-electron chi connectivity index (χ1n) is 8.11. The van der Waals surface area contributed by atoms with Crippen LogP contribution in [-0.4, -0.2) is 46.4 Å². The zero-order valence-corrected chi connectivity index (χ0v) is 13.9. The minimum atomic E-state index is -0.520. The molecule has 126 valence electrons. The van der Waals surface area contributed by atoms with Crippen LogP contribution in [0.5, 0.6) is 0 Å². The summed E-state index contributed by atoms with van der Waals surface area (Å²) < 4.78 is 5.30. The van der Waals surface area contributed by atoms with Crippen LogP contribution >= 0.6 is 0 Å². The lowest BCUT2D eigenvalue weighted by atomic mass is 10.0. The van der Waals surface area contributed by atoms with Gasteiger partial charge in [0.2, 0.25) is 11.8 Å². The molecule has 6 nitrogen and oxygen atoms in total. The number of carbonyl (C=O) groups is 2. The number of aromatic nitrogens is 1. The van der Waals surface area contributed by atoms with Gasteiger partial charge in [-0.3, -0.25) is 9.59 Å². The van der Waals surface area contributed by atoms with Crippen LogP contribution in [0.25, 0.3) is 0 Å². The average Bonchev–Trinajstić information content (AvgIpc) is 3.04. The van der Waals surface area contributed by atoms with E-state index in [9.17, 15) is 9.59 Å². The fourth-order valence-corrected chi connectivity index (χ4v) is 2.93. The molecular formula is C18H21N3O3. The van der Waals surface area contributed by atoms with Crippen molar-refractivity contribution in [2.75, 3.05) is 13.6 Å². The molecule has 1 atom stereocenters. The fraction of sp³-hybridized carbons (Fsp3) is 0.389. The zero-order valence-electron chi connectivity index (χ0n) is 13.9. The Kier molecular flexibility index (Phi) is 4.64. The third-order valence-corrected chi connectivity index (χ3v) is 4.30. The van der Waals surface area contributed by atoms with Gasteiger partial charge in [-0.15, -0.1) is 0 Å². The Labute approximate surface area is 141 Å². The SMILES string of the molecule is CCc1cc(CN2C(=O)CN(C)C(=O)[C@H]2Cc2ccccc2)on1. The second-order valence-electron chi connectivity index (χ2n) is 6.06. The molecule has 6 heteroatoms. The van der Waals surface area contributed by atoms with E-state index in [0.717, 1.165) is 17.7 Å². The van der Waals surface area contributed by atoms with Crippen LogP contribution in [0.15, 0.2) is 40.9 Å². The van der Waals surface area contributed by atoms with Crippen LogP contribution in [0, 0.1) is 0 Å². The molecule has 1 aliphatic rings. The van der Waals surface area contributed by atoms with Gasteiger partial charge < -0.3 is 14.3 Å². The molecule has 2 aromatic rings.